The highest BCUT2D eigenvalue weighted by atomic mass is 14.8. The molecule has 0 bridgehead atoms. The minimum absolute atomic E-state index is 0.549. The minimum atomic E-state index is 0.549. The summed E-state index contributed by atoms with van der Waals surface area (Å²) in [5.41, 5.74) is 8.17. The third-order valence-corrected chi connectivity index (χ3v) is 3.29. The maximum absolute atomic E-state index is 5.78. The van der Waals surface area contributed by atoms with Crippen LogP contribution in [0.4, 0.5) is 5.82 Å². The lowest BCUT2D eigenvalue weighted by Crippen LogP contribution is -1.98. The zero-order chi connectivity index (χ0) is 12.3. The molecule has 1 heterocycles. The fourth-order valence-corrected chi connectivity index (χ4v) is 2.25. The summed E-state index contributed by atoms with van der Waals surface area (Å²) in [6.07, 6.45) is 3.72. The molecule has 1 aromatic heterocycles. The molecule has 2 aromatic rings. The van der Waals surface area contributed by atoms with Crippen LogP contribution in [0.1, 0.15) is 44.6 Å². The molecule has 0 amide bonds. The highest BCUT2D eigenvalue weighted by molar-refractivity contribution is 5.83. The fourth-order valence-electron chi connectivity index (χ4n) is 2.25. The van der Waals surface area contributed by atoms with Crippen LogP contribution < -0.4 is 5.73 Å². The Morgan fingerprint density at radius 2 is 2.06 bits per heavy atom. The summed E-state index contributed by atoms with van der Waals surface area (Å²) in [6.45, 7) is 4.50. The summed E-state index contributed by atoms with van der Waals surface area (Å²) in [7, 11) is 0. The van der Waals surface area contributed by atoms with Crippen LogP contribution in [0.15, 0.2) is 30.3 Å². The number of nitrogens with zero attached hydrogens (tertiary/aromatic N) is 1. The van der Waals surface area contributed by atoms with Crippen molar-refractivity contribution in [2.75, 3.05) is 5.73 Å². The highest BCUT2D eigenvalue weighted by Gasteiger charge is 2.10. The molecule has 0 spiro atoms. The van der Waals surface area contributed by atoms with E-state index in [9.17, 15) is 0 Å². The largest absolute Gasteiger partial charge is 0.384 e. The Kier molecular flexibility index (Phi) is 3.62. The number of aromatic nitrogens is 1. The van der Waals surface area contributed by atoms with Gasteiger partial charge in [-0.05, 0) is 30.0 Å². The predicted molar refractivity (Wildman–Crippen MR) is 74.1 cm³/mol. The van der Waals surface area contributed by atoms with Gasteiger partial charge in [-0.3, -0.25) is 0 Å². The van der Waals surface area contributed by atoms with Gasteiger partial charge in [0.2, 0.25) is 0 Å². The van der Waals surface area contributed by atoms with Crippen molar-refractivity contribution in [1.29, 1.82) is 0 Å². The smallest absolute Gasteiger partial charge is 0.124 e. The Morgan fingerprint density at radius 3 is 2.82 bits per heavy atom. The molecule has 0 fully saturated rings. The van der Waals surface area contributed by atoms with Gasteiger partial charge < -0.3 is 5.73 Å². The van der Waals surface area contributed by atoms with Crippen LogP contribution in [0.5, 0.6) is 0 Å². The lowest BCUT2D eigenvalue weighted by molar-refractivity contribution is 0.627. The fraction of sp³-hybridized carbons (Fsp3) is 0.400. The van der Waals surface area contributed by atoms with Crippen molar-refractivity contribution < 1.29 is 0 Å². The predicted octanol–water partition coefficient (Wildman–Crippen LogP) is 4.11. The van der Waals surface area contributed by atoms with E-state index in [1.807, 2.05) is 12.1 Å². The average Bonchev–Trinajstić information content (AvgIpc) is 2.35. The molecule has 2 rings (SSSR count). The van der Waals surface area contributed by atoms with Crippen LogP contribution in [-0.2, 0) is 0 Å². The number of hydrogen-bond acceptors (Lipinski definition) is 2. The molecular formula is C15H20N2. The van der Waals surface area contributed by atoms with Gasteiger partial charge in [-0.15, -0.1) is 0 Å². The molecule has 0 radical (unpaired) electrons. The molecule has 0 aliphatic carbocycles. The van der Waals surface area contributed by atoms with E-state index in [1.54, 1.807) is 0 Å². The molecule has 2 nitrogen and oxygen atoms in total. The van der Waals surface area contributed by atoms with Gasteiger partial charge in [0.1, 0.15) is 5.82 Å². The van der Waals surface area contributed by atoms with Gasteiger partial charge in [-0.2, -0.15) is 0 Å². The number of para-hydroxylation sites is 1. The van der Waals surface area contributed by atoms with E-state index in [4.69, 9.17) is 5.73 Å². The summed E-state index contributed by atoms with van der Waals surface area (Å²) in [5, 5.41) is 1.18. The van der Waals surface area contributed by atoms with E-state index < -0.39 is 0 Å². The van der Waals surface area contributed by atoms with E-state index in [2.05, 4.69) is 37.0 Å². The summed E-state index contributed by atoms with van der Waals surface area (Å²) >= 11 is 0. The molecule has 0 aliphatic heterocycles. The van der Waals surface area contributed by atoms with Crippen LogP contribution in [-0.4, -0.2) is 4.98 Å². The van der Waals surface area contributed by atoms with Gasteiger partial charge in [0.15, 0.2) is 0 Å². The molecule has 2 heteroatoms. The molecule has 0 aliphatic rings. The summed E-state index contributed by atoms with van der Waals surface area (Å²) < 4.78 is 0. The van der Waals surface area contributed by atoms with E-state index in [-0.39, 0.29) is 0 Å². The van der Waals surface area contributed by atoms with Crippen LogP contribution in [0.25, 0.3) is 10.9 Å². The number of fused-ring (bicyclic) bond motifs is 1. The number of pyridine rings is 1. The second-order valence-electron chi connectivity index (χ2n) is 4.70. The van der Waals surface area contributed by atoms with Gasteiger partial charge in [0, 0.05) is 5.39 Å². The van der Waals surface area contributed by atoms with Gasteiger partial charge in [-0.25, -0.2) is 4.98 Å². The number of rotatable bonds is 4. The van der Waals surface area contributed by atoms with Crippen molar-refractivity contribution in [1.82, 2.24) is 4.98 Å². The topological polar surface area (TPSA) is 38.9 Å². The van der Waals surface area contributed by atoms with Gasteiger partial charge in [-0.1, -0.05) is 44.9 Å². The molecule has 1 aromatic carbocycles. The quantitative estimate of drug-likeness (QED) is 0.855. The van der Waals surface area contributed by atoms with Crippen molar-refractivity contribution in [3.8, 4) is 0 Å². The van der Waals surface area contributed by atoms with Crippen molar-refractivity contribution in [3.05, 3.63) is 35.9 Å². The molecule has 90 valence electrons. The highest BCUT2D eigenvalue weighted by Crippen LogP contribution is 2.28. The SMILES string of the molecule is CCCCC(C)c1cccc2ccc(N)nc12. The number of hydrogen-bond donors (Lipinski definition) is 1. The summed E-state index contributed by atoms with van der Waals surface area (Å²) in [6, 6.07) is 10.3. The Labute approximate surface area is 103 Å². The monoisotopic (exact) mass is 228 g/mol. The van der Waals surface area contributed by atoms with Crippen molar-refractivity contribution in [2.45, 2.75) is 39.0 Å². The first-order chi connectivity index (χ1) is 8.22. The Balaban J connectivity index is 2.42. The van der Waals surface area contributed by atoms with Crippen molar-refractivity contribution in [3.63, 3.8) is 0 Å². The third kappa shape index (κ3) is 2.57. The number of unbranched alkanes of at least 4 members (excludes halogenated alkanes) is 1. The first kappa shape index (κ1) is 11.9. The van der Waals surface area contributed by atoms with Crippen LogP contribution in [0.2, 0.25) is 0 Å². The normalized spacial score (nSPS) is 12.8. The standard InChI is InChI=1S/C15H20N2/c1-3-4-6-11(2)13-8-5-7-12-9-10-14(16)17-15(12)13/h5,7-11H,3-4,6H2,1-2H3,(H2,16,17). The maximum atomic E-state index is 5.78. The zero-order valence-electron chi connectivity index (χ0n) is 10.6. The van der Waals surface area contributed by atoms with Crippen LogP contribution in [0, 0.1) is 0 Å². The number of nitrogens with two attached hydrogens (primary N) is 1. The molecule has 2 N–H and O–H groups in total. The summed E-state index contributed by atoms with van der Waals surface area (Å²) in [5.74, 6) is 1.15. The lowest BCUT2D eigenvalue weighted by atomic mass is 9.93. The van der Waals surface area contributed by atoms with Gasteiger partial charge >= 0.3 is 0 Å². The van der Waals surface area contributed by atoms with Crippen LogP contribution in [0.3, 0.4) is 0 Å². The zero-order valence-corrected chi connectivity index (χ0v) is 10.6. The second kappa shape index (κ2) is 5.17. The van der Waals surface area contributed by atoms with Crippen LogP contribution >= 0.6 is 0 Å². The van der Waals surface area contributed by atoms with Gasteiger partial charge in [0.05, 0.1) is 5.52 Å². The maximum Gasteiger partial charge on any atom is 0.124 e. The second-order valence-corrected chi connectivity index (χ2v) is 4.70. The minimum Gasteiger partial charge on any atom is -0.384 e. The molecule has 17 heavy (non-hydrogen) atoms. The lowest BCUT2D eigenvalue weighted by Gasteiger charge is -2.13. The first-order valence-corrected chi connectivity index (χ1v) is 6.37. The third-order valence-electron chi connectivity index (χ3n) is 3.29. The summed E-state index contributed by atoms with van der Waals surface area (Å²) in [4.78, 5) is 4.48. The van der Waals surface area contributed by atoms with E-state index in [0.29, 0.717) is 11.7 Å². The average molecular weight is 228 g/mol. The molecule has 1 unspecified atom stereocenters. The van der Waals surface area contributed by atoms with Gasteiger partial charge in [0.25, 0.3) is 0 Å². The number of nitrogen functional groups attached to an aromatic ring is 1. The molecular weight excluding hydrogens is 208 g/mol. The molecule has 0 saturated heterocycles. The Morgan fingerprint density at radius 1 is 1.24 bits per heavy atom. The van der Waals surface area contributed by atoms with Crippen molar-refractivity contribution >= 4 is 16.7 Å². The number of benzene rings is 1. The molecule has 1 atom stereocenters. The number of anilines is 1. The van der Waals surface area contributed by atoms with E-state index in [1.165, 1.54) is 30.2 Å². The first-order valence-electron chi connectivity index (χ1n) is 6.37. The van der Waals surface area contributed by atoms with E-state index in [0.717, 1.165) is 5.52 Å². The Hall–Kier alpha value is -1.57. The van der Waals surface area contributed by atoms with Crippen molar-refractivity contribution in [2.24, 2.45) is 0 Å². The Bertz CT molecular complexity index is 505. The van der Waals surface area contributed by atoms with E-state index >= 15 is 0 Å². The molecule has 0 saturated carbocycles.